The number of ether oxygens (including phenoxy) is 1. The molecule has 0 saturated heterocycles. The summed E-state index contributed by atoms with van der Waals surface area (Å²) in [6.45, 7) is 4.24. The van der Waals surface area contributed by atoms with E-state index < -0.39 is 0 Å². The minimum absolute atomic E-state index is 0.267. The molecule has 2 nitrogen and oxygen atoms in total. The van der Waals surface area contributed by atoms with Crippen LogP contribution in [-0.4, -0.2) is 5.97 Å². The SMILES string of the molecule is Cc1ccccc1COC(=O)c1ccccc1C. The molecule has 0 saturated carbocycles. The number of carbonyl (C=O) groups is 1. The van der Waals surface area contributed by atoms with E-state index in [0.717, 1.165) is 16.7 Å². The summed E-state index contributed by atoms with van der Waals surface area (Å²) in [6.07, 6.45) is 0. The molecule has 2 heteroatoms. The fraction of sp³-hybridized carbons (Fsp3) is 0.188. The Labute approximate surface area is 107 Å². The second-order valence-corrected chi connectivity index (χ2v) is 4.32. The average molecular weight is 240 g/mol. The van der Waals surface area contributed by atoms with Gasteiger partial charge in [-0.1, -0.05) is 42.5 Å². The van der Waals surface area contributed by atoms with Gasteiger partial charge in [-0.15, -0.1) is 0 Å². The van der Waals surface area contributed by atoms with Gasteiger partial charge in [-0.2, -0.15) is 0 Å². The first-order valence-corrected chi connectivity index (χ1v) is 5.96. The van der Waals surface area contributed by atoms with Crippen molar-refractivity contribution in [3.05, 3.63) is 70.8 Å². The minimum Gasteiger partial charge on any atom is -0.457 e. The highest BCUT2D eigenvalue weighted by Crippen LogP contribution is 2.12. The van der Waals surface area contributed by atoms with Gasteiger partial charge in [-0.3, -0.25) is 0 Å². The van der Waals surface area contributed by atoms with E-state index in [-0.39, 0.29) is 5.97 Å². The Morgan fingerprint density at radius 3 is 2.22 bits per heavy atom. The van der Waals surface area contributed by atoms with E-state index in [1.165, 1.54) is 0 Å². The normalized spacial score (nSPS) is 10.1. The fourth-order valence-corrected chi connectivity index (χ4v) is 1.80. The van der Waals surface area contributed by atoms with Gasteiger partial charge in [0.05, 0.1) is 5.56 Å². The lowest BCUT2D eigenvalue weighted by molar-refractivity contribution is 0.0471. The van der Waals surface area contributed by atoms with Crippen LogP contribution in [0, 0.1) is 13.8 Å². The van der Waals surface area contributed by atoms with Crippen LogP contribution in [0.3, 0.4) is 0 Å². The standard InChI is InChI=1S/C16H16O2/c1-12-7-3-5-9-14(12)11-18-16(17)15-10-6-4-8-13(15)2/h3-10H,11H2,1-2H3. The molecule has 2 aromatic carbocycles. The van der Waals surface area contributed by atoms with Crippen molar-refractivity contribution in [1.29, 1.82) is 0 Å². The van der Waals surface area contributed by atoms with Crippen LogP contribution >= 0.6 is 0 Å². The van der Waals surface area contributed by atoms with Crippen LogP contribution in [-0.2, 0) is 11.3 Å². The predicted molar refractivity (Wildman–Crippen MR) is 71.5 cm³/mol. The van der Waals surface area contributed by atoms with Crippen molar-refractivity contribution in [2.45, 2.75) is 20.5 Å². The number of carbonyl (C=O) groups excluding carboxylic acids is 1. The van der Waals surface area contributed by atoms with Crippen molar-refractivity contribution < 1.29 is 9.53 Å². The summed E-state index contributed by atoms with van der Waals surface area (Å²) in [4.78, 5) is 11.9. The van der Waals surface area contributed by atoms with E-state index in [1.54, 1.807) is 6.07 Å². The lowest BCUT2D eigenvalue weighted by Gasteiger charge is -2.08. The van der Waals surface area contributed by atoms with Gasteiger partial charge in [0.15, 0.2) is 0 Å². The third-order valence-electron chi connectivity index (χ3n) is 2.99. The first-order valence-electron chi connectivity index (χ1n) is 5.96. The summed E-state index contributed by atoms with van der Waals surface area (Å²) in [7, 11) is 0. The van der Waals surface area contributed by atoms with Crippen LogP contribution in [0.25, 0.3) is 0 Å². The number of rotatable bonds is 3. The molecular weight excluding hydrogens is 224 g/mol. The second-order valence-electron chi connectivity index (χ2n) is 4.32. The summed E-state index contributed by atoms with van der Waals surface area (Å²) in [5.41, 5.74) is 3.74. The van der Waals surface area contributed by atoms with Crippen molar-refractivity contribution in [3.63, 3.8) is 0 Å². The maximum atomic E-state index is 11.9. The van der Waals surface area contributed by atoms with Crippen molar-refractivity contribution in [3.8, 4) is 0 Å². The summed E-state index contributed by atoms with van der Waals surface area (Å²) in [6, 6.07) is 15.4. The van der Waals surface area contributed by atoms with Crippen LogP contribution in [0.1, 0.15) is 27.0 Å². The minimum atomic E-state index is -0.267. The molecule has 2 aromatic rings. The molecule has 0 aliphatic carbocycles. The van der Waals surface area contributed by atoms with Crippen molar-refractivity contribution >= 4 is 5.97 Å². The molecule has 18 heavy (non-hydrogen) atoms. The van der Waals surface area contributed by atoms with Gasteiger partial charge < -0.3 is 4.74 Å². The molecule has 0 unspecified atom stereocenters. The highest BCUT2D eigenvalue weighted by atomic mass is 16.5. The highest BCUT2D eigenvalue weighted by Gasteiger charge is 2.10. The molecular formula is C16H16O2. The molecule has 92 valence electrons. The maximum Gasteiger partial charge on any atom is 0.338 e. The van der Waals surface area contributed by atoms with Gasteiger partial charge in [0, 0.05) is 0 Å². The summed E-state index contributed by atoms with van der Waals surface area (Å²) in [5, 5.41) is 0. The van der Waals surface area contributed by atoms with Gasteiger partial charge in [0.25, 0.3) is 0 Å². The average Bonchev–Trinajstić information content (AvgIpc) is 2.38. The van der Waals surface area contributed by atoms with E-state index in [1.807, 2.05) is 56.3 Å². The molecule has 0 amide bonds. The summed E-state index contributed by atoms with van der Waals surface area (Å²) in [5.74, 6) is -0.267. The lowest BCUT2D eigenvalue weighted by atomic mass is 10.1. The molecule has 0 heterocycles. The van der Waals surface area contributed by atoms with E-state index in [4.69, 9.17) is 4.74 Å². The zero-order valence-electron chi connectivity index (χ0n) is 10.6. The highest BCUT2D eigenvalue weighted by molar-refractivity contribution is 5.90. The van der Waals surface area contributed by atoms with Gasteiger partial charge in [-0.05, 0) is 36.6 Å². The quantitative estimate of drug-likeness (QED) is 0.765. The second kappa shape index (κ2) is 5.50. The molecule has 2 rings (SSSR count). The van der Waals surface area contributed by atoms with Crippen LogP contribution < -0.4 is 0 Å². The predicted octanol–water partition coefficient (Wildman–Crippen LogP) is 3.66. The molecule has 0 spiro atoms. The van der Waals surface area contributed by atoms with Crippen LogP contribution in [0.5, 0.6) is 0 Å². The third kappa shape index (κ3) is 2.77. The molecule has 0 N–H and O–H groups in total. The Kier molecular flexibility index (Phi) is 3.78. The van der Waals surface area contributed by atoms with E-state index in [2.05, 4.69) is 0 Å². The molecule has 0 bridgehead atoms. The van der Waals surface area contributed by atoms with E-state index in [9.17, 15) is 4.79 Å². The topological polar surface area (TPSA) is 26.3 Å². The number of hydrogen-bond donors (Lipinski definition) is 0. The van der Waals surface area contributed by atoms with Crippen molar-refractivity contribution in [2.24, 2.45) is 0 Å². The zero-order chi connectivity index (χ0) is 13.0. The van der Waals surface area contributed by atoms with Gasteiger partial charge in [-0.25, -0.2) is 4.79 Å². The van der Waals surface area contributed by atoms with Crippen LogP contribution in [0.15, 0.2) is 48.5 Å². The maximum absolute atomic E-state index is 11.9. The van der Waals surface area contributed by atoms with Crippen molar-refractivity contribution in [2.75, 3.05) is 0 Å². The number of esters is 1. The van der Waals surface area contributed by atoms with Gasteiger partial charge in [0.1, 0.15) is 6.61 Å². The number of aryl methyl sites for hydroxylation is 2. The Bertz CT molecular complexity index is 559. The Balaban J connectivity index is 2.06. The molecule has 0 atom stereocenters. The largest absolute Gasteiger partial charge is 0.457 e. The van der Waals surface area contributed by atoms with Crippen LogP contribution in [0.4, 0.5) is 0 Å². The monoisotopic (exact) mass is 240 g/mol. The first kappa shape index (κ1) is 12.4. The van der Waals surface area contributed by atoms with Gasteiger partial charge >= 0.3 is 5.97 Å². The lowest BCUT2D eigenvalue weighted by Crippen LogP contribution is -2.07. The zero-order valence-corrected chi connectivity index (χ0v) is 10.6. The number of benzene rings is 2. The molecule has 0 fully saturated rings. The van der Waals surface area contributed by atoms with Crippen LogP contribution in [0.2, 0.25) is 0 Å². The van der Waals surface area contributed by atoms with Gasteiger partial charge in [0.2, 0.25) is 0 Å². The van der Waals surface area contributed by atoms with E-state index >= 15 is 0 Å². The Morgan fingerprint density at radius 2 is 1.56 bits per heavy atom. The third-order valence-corrected chi connectivity index (χ3v) is 2.99. The fourth-order valence-electron chi connectivity index (χ4n) is 1.80. The molecule has 0 radical (unpaired) electrons. The molecule has 0 aliphatic rings. The van der Waals surface area contributed by atoms with Crippen molar-refractivity contribution in [1.82, 2.24) is 0 Å². The number of hydrogen-bond acceptors (Lipinski definition) is 2. The Morgan fingerprint density at radius 1 is 0.944 bits per heavy atom. The molecule has 0 aliphatic heterocycles. The summed E-state index contributed by atoms with van der Waals surface area (Å²) >= 11 is 0. The smallest absolute Gasteiger partial charge is 0.338 e. The van der Waals surface area contributed by atoms with E-state index in [0.29, 0.717) is 12.2 Å². The Hall–Kier alpha value is -2.09. The first-order chi connectivity index (χ1) is 8.68. The summed E-state index contributed by atoms with van der Waals surface area (Å²) < 4.78 is 5.34. The molecule has 0 aromatic heterocycles.